The zero-order valence-corrected chi connectivity index (χ0v) is 21.2. The predicted octanol–water partition coefficient (Wildman–Crippen LogP) is 3.76. The van der Waals surface area contributed by atoms with Crippen molar-refractivity contribution in [1.82, 2.24) is 10.2 Å². The third-order valence-electron chi connectivity index (χ3n) is 7.52. The van der Waals surface area contributed by atoms with E-state index in [0.29, 0.717) is 5.56 Å². The van der Waals surface area contributed by atoms with Gasteiger partial charge in [0.05, 0.1) is 6.10 Å². The van der Waals surface area contributed by atoms with Crippen molar-refractivity contribution in [2.75, 3.05) is 51.3 Å². The van der Waals surface area contributed by atoms with E-state index in [1.54, 1.807) is 0 Å². The first-order chi connectivity index (χ1) is 18.0. The number of aliphatic hydroxyl groups excluding tert-OH is 2. The summed E-state index contributed by atoms with van der Waals surface area (Å²) in [7, 11) is 2.13. The van der Waals surface area contributed by atoms with Crippen LogP contribution in [0.3, 0.4) is 0 Å². The average Bonchev–Trinajstić information content (AvgIpc) is 3.25. The van der Waals surface area contributed by atoms with Gasteiger partial charge in [-0.25, -0.2) is 4.79 Å². The SMILES string of the molecule is CN1CCN(c2ccc(C(O)C(O)CCNC(=O)OCC3c4ccccc4-c4ccccc43)cc2)CC1. The van der Waals surface area contributed by atoms with Crippen LogP contribution in [0.25, 0.3) is 11.1 Å². The molecule has 3 aromatic rings. The Bertz CT molecular complexity index is 1160. The van der Waals surface area contributed by atoms with Gasteiger partial charge < -0.3 is 30.1 Å². The molecule has 0 saturated carbocycles. The fourth-order valence-corrected chi connectivity index (χ4v) is 5.30. The minimum absolute atomic E-state index is 0.000574. The van der Waals surface area contributed by atoms with Crippen molar-refractivity contribution in [3.8, 4) is 11.1 Å². The molecular weight excluding hydrogens is 466 g/mol. The van der Waals surface area contributed by atoms with E-state index >= 15 is 0 Å². The number of hydrogen-bond donors (Lipinski definition) is 3. The number of carbonyl (C=O) groups excluding carboxylic acids is 1. The highest BCUT2D eigenvalue weighted by Gasteiger charge is 2.29. The van der Waals surface area contributed by atoms with Gasteiger partial charge in [-0.3, -0.25) is 0 Å². The van der Waals surface area contributed by atoms with Crippen LogP contribution in [0.2, 0.25) is 0 Å². The van der Waals surface area contributed by atoms with Gasteiger partial charge in [0.2, 0.25) is 0 Å². The first kappa shape index (κ1) is 25.3. The fraction of sp³-hybridized carbons (Fsp3) is 0.367. The molecule has 2 atom stereocenters. The molecule has 1 saturated heterocycles. The van der Waals surface area contributed by atoms with Gasteiger partial charge in [-0.05, 0) is 53.4 Å². The summed E-state index contributed by atoms with van der Waals surface area (Å²) < 4.78 is 5.54. The standard InChI is InChI=1S/C30H35N3O4/c1-32-16-18-33(19-17-32)22-12-10-21(11-13-22)29(35)28(34)14-15-31-30(36)37-20-27-25-8-4-2-6-23(25)24-7-3-5-9-26(24)27/h2-13,27-29,34-35H,14-20H2,1H3,(H,31,36). The number of hydrogen-bond acceptors (Lipinski definition) is 6. The number of ether oxygens (including phenoxy) is 1. The number of carbonyl (C=O) groups is 1. The molecule has 1 aliphatic carbocycles. The van der Waals surface area contributed by atoms with Crippen LogP contribution < -0.4 is 10.2 Å². The minimum Gasteiger partial charge on any atom is -0.449 e. The van der Waals surface area contributed by atoms with Gasteiger partial charge in [-0.2, -0.15) is 0 Å². The summed E-state index contributed by atoms with van der Waals surface area (Å²) in [6.07, 6.45) is -2.33. The van der Waals surface area contributed by atoms with Crippen molar-refractivity contribution in [2.24, 2.45) is 0 Å². The average molecular weight is 502 g/mol. The quantitative estimate of drug-likeness (QED) is 0.436. The Morgan fingerprint density at radius 2 is 1.51 bits per heavy atom. The van der Waals surface area contributed by atoms with E-state index in [9.17, 15) is 15.0 Å². The summed E-state index contributed by atoms with van der Waals surface area (Å²) in [5.74, 6) is -0.000574. The number of benzene rings is 3. The highest BCUT2D eigenvalue weighted by molar-refractivity contribution is 5.79. The van der Waals surface area contributed by atoms with E-state index < -0.39 is 18.3 Å². The Labute approximate surface area is 218 Å². The van der Waals surface area contributed by atoms with E-state index in [1.165, 1.54) is 11.1 Å². The lowest BCUT2D eigenvalue weighted by Gasteiger charge is -2.34. The van der Waals surface area contributed by atoms with Crippen LogP contribution in [-0.4, -0.2) is 73.7 Å². The number of alkyl carbamates (subject to hydrolysis) is 1. The highest BCUT2D eigenvalue weighted by Crippen LogP contribution is 2.44. The lowest BCUT2D eigenvalue weighted by atomic mass is 9.98. The first-order valence-corrected chi connectivity index (χ1v) is 13.0. The maximum atomic E-state index is 12.4. The first-order valence-electron chi connectivity index (χ1n) is 13.0. The predicted molar refractivity (Wildman–Crippen MR) is 145 cm³/mol. The number of likely N-dealkylation sites (N-methyl/N-ethyl adjacent to an activating group) is 1. The smallest absolute Gasteiger partial charge is 0.407 e. The topological polar surface area (TPSA) is 85.3 Å². The molecule has 1 heterocycles. The van der Waals surface area contributed by atoms with Crippen molar-refractivity contribution in [2.45, 2.75) is 24.5 Å². The number of anilines is 1. The molecule has 3 aromatic carbocycles. The number of nitrogens with zero attached hydrogens (tertiary/aromatic N) is 2. The molecular formula is C30H35N3O4. The van der Waals surface area contributed by atoms with Gasteiger partial charge in [0, 0.05) is 44.3 Å². The lowest BCUT2D eigenvalue weighted by molar-refractivity contribution is 0.0137. The van der Waals surface area contributed by atoms with E-state index in [-0.39, 0.29) is 25.5 Å². The second kappa shape index (κ2) is 11.3. The van der Waals surface area contributed by atoms with Crippen LogP contribution in [0.1, 0.15) is 35.1 Å². The summed E-state index contributed by atoms with van der Waals surface area (Å²) >= 11 is 0. The van der Waals surface area contributed by atoms with E-state index in [1.807, 2.05) is 48.5 Å². The van der Waals surface area contributed by atoms with E-state index in [2.05, 4.69) is 46.4 Å². The summed E-state index contributed by atoms with van der Waals surface area (Å²) in [5, 5.41) is 23.8. The Morgan fingerprint density at radius 3 is 2.14 bits per heavy atom. The van der Waals surface area contributed by atoms with Gasteiger partial charge >= 0.3 is 6.09 Å². The molecule has 5 rings (SSSR count). The maximum absolute atomic E-state index is 12.4. The summed E-state index contributed by atoms with van der Waals surface area (Å²) in [6, 6.07) is 24.1. The van der Waals surface area contributed by atoms with Crippen LogP contribution in [0.5, 0.6) is 0 Å². The molecule has 0 spiro atoms. The molecule has 0 bridgehead atoms. The highest BCUT2D eigenvalue weighted by atomic mass is 16.5. The monoisotopic (exact) mass is 501 g/mol. The van der Waals surface area contributed by atoms with Crippen molar-refractivity contribution < 1.29 is 19.7 Å². The molecule has 37 heavy (non-hydrogen) atoms. The lowest BCUT2D eigenvalue weighted by Crippen LogP contribution is -2.44. The van der Waals surface area contributed by atoms with Crippen LogP contribution >= 0.6 is 0 Å². The maximum Gasteiger partial charge on any atom is 0.407 e. The van der Waals surface area contributed by atoms with Gasteiger partial charge in [0.25, 0.3) is 0 Å². The Hall–Kier alpha value is -3.39. The van der Waals surface area contributed by atoms with Gasteiger partial charge in [0.15, 0.2) is 0 Å². The number of fused-ring (bicyclic) bond motifs is 3. The summed E-state index contributed by atoms with van der Waals surface area (Å²) in [4.78, 5) is 17.0. The molecule has 3 N–H and O–H groups in total. The van der Waals surface area contributed by atoms with Gasteiger partial charge in [-0.15, -0.1) is 0 Å². The number of piperazine rings is 1. The molecule has 2 unspecified atom stereocenters. The van der Waals surface area contributed by atoms with Crippen molar-refractivity contribution in [3.05, 3.63) is 89.5 Å². The Morgan fingerprint density at radius 1 is 0.919 bits per heavy atom. The molecule has 7 nitrogen and oxygen atoms in total. The van der Waals surface area contributed by atoms with Crippen molar-refractivity contribution in [3.63, 3.8) is 0 Å². The zero-order chi connectivity index (χ0) is 25.8. The van der Waals surface area contributed by atoms with E-state index in [0.717, 1.165) is 43.0 Å². The normalized spacial score (nSPS) is 17.1. The fourth-order valence-electron chi connectivity index (χ4n) is 5.30. The third-order valence-corrected chi connectivity index (χ3v) is 7.52. The number of aliphatic hydroxyl groups is 2. The summed E-state index contributed by atoms with van der Waals surface area (Å²) in [6.45, 7) is 4.45. The van der Waals surface area contributed by atoms with Crippen LogP contribution in [0.15, 0.2) is 72.8 Å². The van der Waals surface area contributed by atoms with Crippen molar-refractivity contribution >= 4 is 11.8 Å². The molecule has 1 fully saturated rings. The third kappa shape index (κ3) is 5.64. The Kier molecular flexibility index (Phi) is 7.74. The molecule has 1 aliphatic heterocycles. The second-order valence-corrected chi connectivity index (χ2v) is 9.94. The largest absolute Gasteiger partial charge is 0.449 e. The van der Waals surface area contributed by atoms with Crippen molar-refractivity contribution in [1.29, 1.82) is 0 Å². The molecule has 194 valence electrons. The van der Waals surface area contributed by atoms with Crippen LogP contribution in [0.4, 0.5) is 10.5 Å². The molecule has 1 amide bonds. The molecule has 7 heteroatoms. The molecule has 0 aromatic heterocycles. The zero-order valence-electron chi connectivity index (χ0n) is 21.2. The van der Waals surface area contributed by atoms with Crippen LogP contribution in [-0.2, 0) is 4.74 Å². The van der Waals surface area contributed by atoms with Gasteiger partial charge in [0.1, 0.15) is 12.7 Å². The Balaban J connectivity index is 1.08. The molecule has 2 aliphatic rings. The number of rotatable bonds is 8. The molecule has 0 radical (unpaired) electrons. The second-order valence-electron chi connectivity index (χ2n) is 9.94. The van der Waals surface area contributed by atoms with E-state index in [4.69, 9.17) is 4.74 Å². The van der Waals surface area contributed by atoms with Crippen LogP contribution in [0, 0.1) is 0 Å². The number of nitrogens with one attached hydrogen (secondary N) is 1. The number of amides is 1. The summed E-state index contributed by atoms with van der Waals surface area (Å²) in [5.41, 5.74) is 6.46. The van der Waals surface area contributed by atoms with Gasteiger partial charge in [-0.1, -0.05) is 60.7 Å². The minimum atomic E-state index is -1.02.